The third kappa shape index (κ3) is 6.80. The second kappa shape index (κ2) is 12.0. The first-order valence-electron chi connectivity index (χ1n) is 13.5. The third-order valence-corrected chi connectivity index (χ3v) is 7.52. The number of hydrogen-bond acceptors (Lipinski definition) is 6. The number of pyridine rings is 1. The van der Waals surface area contributed by atoms with Gasteiger partial charge in [0, 0.05) is 37.7 Å². The topological polar surface area (TPSA) is 100 Å². The molecule has 1 saturated heterocycles. The number of nitrogens with zero attached hydrogens (tertiary/aromatic N) is 3. The SMILES string of the molecule is CC1CCC(C(=O)N(c2ccc(Oc3ncc(CN4CCC(=O)C4)cc3C(F)(F)F)cc2C(=O)O)C(C)C)CC1. The van der Waals surface area contributed by atoms with Crippen molar-refractivity contribution in [1.29, 1.82) is 0 Å². The monoisotopic (exact) mass is 561 g/mol. The van der Waals surface area contributed by atoms with Gasteiger partial charge in [0.05, 0.1) is 17.8 Å². The second-order valence-electron chi connectivity index (χ2n) is 11.0. The Labute approximate surface area is 231 Å². The van der Waals surface area contributed by atoms with Gasteiger partial charge in [0.2, 0.25) is 11.8 Å². The first kappa shape index (κ1) is 29.5. The van der Waals surface area contributed by atoms with E-state index >= 15 is 0 Å². The van der Waals surface area contributed by atoms with Gasteiger partial charge in [0.25, 0.3) is 0 Å². The predicted molar refractivity (Wildman–Crippen MR) is 141 cm³/mol. The number of aromatic nitrogens is 1. The molecule has 216 valence electrons. The summed E-state index contributed by atoms with van der Waals surface area (Å²) in [6.07, 6.45) is 0.125. The summed E-state index contributed by atoms with van der Waals surface area (Å²) in [6.45, 7) is 6.51. The number of rotatable bonds is 8. The summed E-state index contributed by atoms with van der Waals surface area (Å²) in [7, 11) is 0. The number of halogens is 3. The number of amides is 1. The fraction of sp³-hybridized carbons (Fsp3) is 0.517. The molecule has 0 radical (unpaired) electrons. The molecule has 0 bridgehead atoms. The molecule has 1 N–H and O–H groups in total. The zero-order valence-electron chi connectivity index (χ0n) is 22.8. The molecule has 2 heterocycles. The Balaban J connectivity index is 1.62. The van der Waals surface area contributed by atoms with Crippen LogP contribution in [0.1, 0.15) is 74.4 Å². The number of carbonyl (C=O) groups is 3. The lowest BCUT2D eigenvalue weighted by molar-refractivity contribution is -0.139. The predicted octanol–water partition coefficient (Wildman–Crippen LogP) is 5.93. The van der Waals surface area contributed by atoms with E-state index in [1.54, 1.807) is 18.7 Å². The van der Waals surface area contributed by atoms with Gasteiger partial charge >= 0.3 is 12.1 Å². The first-order chi connectivity index (χ1) is 18.8. The van der Waals surface area contributed by atoms with Gasteiger partial charge < -0.3 is 14.7 Å². The minimum atomic E-state index is -4.78. The third-order valence-electron chi connectivity index (χ3n) is 7.52. The molecule has 40 heavy (non-hydrogen) atoms. The molecule has 2 aromatic rings. The van der Waals surface area contributed by atoms with Gasteiger partial charge in [0.1, 0.15) is 17.1 Å². The van der Waals surface area contributed by atoms with Gasteiger partial charge in [-0.25, -0.2) is 9.78 Å². The van der Waals surface area contributed by atoms with Crippen molar-refractivity contribution in [2.75, 3.05) is 18.0 Å². The number of ether oxygens (including phenoxy) is 1. The normalized spacial score (nSPS) is 20.1. The van der Waals surface area contributed by atoms with E-state index in [0.717, 1.165) is 37.8 Å². The Morgan fingerprint density at radius 3 is 2.45 bits per heavy atom. The van der Waals surface area contributed by atoms with Crippen LogP contribution in [0, 0.1) is 11.8 Å². The summed E-state index contributed by atoms with van der Waals surface area (Å²) in [5.41, 5.74) is -0.924. The van der Waals surface area contributed by atoms with Gasteiger partial charge in [-0.3, -0.25) is 14.5 Å². The number of Topliss-reactive ketones (excluding diaryl/α,β-unsaturated/α-hetero) is 1. The lowest BCUT2D eigenvalue weighted by Gasteiger charge is -2.34. The van der Waals surface area contributed by atoms with Crippen molar-refractivity contribution >= 4 is 23.3 Å². The molecule has 1 aliphatic carbocycles. The largest absolute Gasteiger partial charge is 0.478 e. The van der Waals surface area contributed by atoms with E-state index in [4.69, 9.17) is 4.74 Å². The number of carbonyl (C=O) groups excluding carboxylic acids is 2. The number of carboxylic acids is 1. The van der Waals surface area contributed by atoms with E-state index in [0.29, 0.717) is 18.9 Å². The Morgan fingerprint density at radius 2 is 1.88 bits per heavy atom. The number of anilines is 1. The molecule has 0 unspecified atom stereocenters. The molecule has 1 aromatic carbocycles. The standard InChI is InChI=1S/C29H34F3N3O5/c1-17(2)35(27(37)20-6-4-18(3)5-7-20)25-9-8-22(13-23(25)28(38)39)40-26-24(29(30,31)32)12-19(14-33-26)15-34-11-10-21(36)16-34/h8-9,12-14,17-18,20H,4-7,10-11,15-16H2,1-3H3,(H,38,39). The van der Waals surface area contributed by atoms with Crippen LogP contribution in [0.15, 0.2) is 30.5 Å². The summed E-state index contributed by atoms with van der Waals surface area (Å²) < 4.78 is 47.3. The summed E-state index contributed by atoms with van der Waals surface area (Å²) in [5, 5.41) is 9.97. The average molecular weight is 562 g/mol. The van der Waals surface area contributed by atoms with Crippen molar-refractivity contribution in [3.05, 3.63) is 47.2 Å². The Morgan fingerprint density at radius 1 is 1.18 bits per heavy atom. The number of aromatic carboxylic acids is 1. The van der Waals surface area contributed by atoms with Crippen molar-refractivity contribution in [3.8, 4) is 11.6 Å². The van der Waals surface area contributed by atoms with Crippen molar-refractivity contribution in [3.63, 3.8) is 0 Å². The summed E-state index contributed by atoms with van der Waals surface area (Å²) in [6, 6.07) is 4.46. The molecule has 1 aromatic heterocycles. The average Bonchev–Trinajstić information content (AvgIpc) is 3.29. The summed E-state index contributed by atoms with van der Waals surface area (Å²) >= 11 is 0. The molecule has 0 atom stereocenters. The van der Waals surface area contributed by atoms with E-state index in [9.17, 15) is 32.7 Å². The lowest BCUT2D eigenvalue weighted by atomic mass is 9.82. The molecule has 4 rings (SSSR count). The zero-order chi connectivity index (χ0) is 29.2. The first-order valence-corrected chi connectivity index (χ1v) is 13.5. The number of benzene rings is 1. The van der Waals surface area contributed by atoms with Crippen molar-refractivity contribution in [1.82, 2.24) is 9.88 Å². The van der Waals surface area contributed by atoms with Gasteiger partial charge in [-0.05, 0) is 75.3 Å². The van der Waals surface area contributed by atoms with Crippen LogP contribution in [0.3, 0.4) is 0 Å². The Hall–Kier alpha value is -3.47. The van der Waals surface area contributed by atoms with Gasteiger partial charge in [-0.15, -0.1) is 0 Å². The number of likely N-dealkylation sites (tertiary alicyclic amines) is 1. The minimum absolute atomic E-state index is 0.0349. The maximum Gasteiger partial charge on any atom is 0.421 e. The van der Waals surface area contributed by atoms with Gasteiger partial charge in [-0.2, -0.15) is 13.2 Å². The highest BCUT2D eigenvalue weighted by atomic mass is 19.4. The van der Waals surface area contributed by atoms with Crippen LogP contribution >= 0.6 is 0 Å². The molecule has 2 aliphatic rings. The lowest BCUT2D eigenvalue weighted by Crippen LogP contribution is -2.42. The van der Waals surface area contributed by atoms with Crippen molar-refractivity contribution in [2.24, 2.45) is 11.8 Å². The molecule has 1 aliphatic heterocycles. The molecular weight excluding hydrogens is 527 g/mol. The van der Waals surface area contributed by atoms with Gasteiger partial charge in [0.15, 0.2) is 0 Å². The molecule has 1 amide bonds. The Kier molecular flexibility index (Phi) is 8.82. The molecule has 1 saturated carbocycles. The molecule has 11 heteroatoms. The van der Waals surface area contributed by atoms with E-state index in [2.05, 4.69) is 11.9 Å². The van der Waals surface area contributed by atoms with Crippen LogP contribution in [0.5, 0.6) is 11.6 Å². The number of ketones is 1. The minimum Gasteiger partial charge on any atom is -0.478 e. The summed E-state index contributed by atoms with van der Waals surface area (Å²) in [4.78, 5) is 44.3. The van der Waals surface area contributed by atoms with Gasteiger partial charge in [-0.1, -0.05) is 6.92 Å². The van der Waals surface area contributed by atoms with E-state index in [1.165, 1.54) is 23.2 Å². The number of carboxylic acid groups (broad SMARTS) is 1. The fourth-order valence-corrected chi connectivity index (χ4v) is 5.38. The van der Waals surface area contributed by atoms with Crippen LogP contribution < -0.4 is 9.64 Å². The zero-order valence-corrected chi connectivity index (χ0v) is 22.8. The van der Waals surface area contributed by atoms with E-state index in [-0.39, 0.29) is 59.3 Å². The number of alkyl halides is 3. The highest BCUT2D eigenvalue weighted by Crippen LogP contribution is 2.39. The second-order valence-corrected chi connectivity index (χ2v) is 11.0. The van der Waals surface area contributed by atoms with Crippen LogP contribution in [0.25, 0.3) is 0 Å². The van der Waals surface area contributed by atoms with E-state index in [1.807, 2.05) is 0 Å². The summed E-state index contributed by atoms with van der Waals surface area (Å²) in [5.74, 6) is -2.01. The Bertz CT molecular complexity index is 1270. The molecule has 2 fully saturated rings. The highest BCUT2D eigenvalue weighted by Gasteiger charge is 2.37. The maximum atomic E-state index is 13.9. The molecule has 0 spiro atoms. The number of hydrogen-bond donors (Lipinski definition) is 1. The van der Waals surface area contributed by atoms with Crippen molar-refractivity contribution in [2.45, 2.75) is 71.6 Å². The van der Waals surface area contributed by atoms with Crippen molar-refractivity contribution < 1.29 is 37.4 Å². The quantitative estimate of drug-likeness (QED) is 0.426. The molecular formula is C29H34F3N3O5. The fourth-order valence-electron chi connectivity index (χ4n) is 5.38. The smallest absolute Gasteiger partial charge is 0.421 e. The maximum absolute atomic E-state index is 13.9. The molecule has 8 nitrogen and oxygen atoms in total. The van der Waals surface area contributed by atoms with E-state index < -0.39 is 23.6 Å². The van der Waals surface area contributed by atoms with Crippen LogP contribution in [-0.4, -0.2) is 51.8 Å². The van der Waals surface area contributed by atoms with Crippen LogP contribution in [0.4, 0.5) is 18.9 Å². The highest BCUT2D eigenvalue weighted by molar-refractivity contribution is 6.03. The van der Waals surface area contributed by atoms with Crippen LogP contribution in [0.2, 0.25) is 0 Å². The van der Waals surface area contributed by atoms with Crippen LogP contribution in [-0.2, 0) is 22.3 Å².